The number of hydrogen-bond donors (Lipinski definition) is 0. The van der Waals surface area contributed by atoms with Gasteiger partial charge in [-0.1, -0.05) is 17.7 Å². The first kappa shape index (κ1) is 7.57. The van der Waals surface area contributed by atoms with Crippen LogP contribution in [0.3, 0.4) is 0 Å². The number of hydrogen-bond acceptors (Lipinski definition) is 2. The zero-order valence-corrected chi connectivity index (χ0v) is 7.17. The normalized spacial score (nSPS) is 18.3. The number of nitrogens with zero attached hydrogens (tertiary/aromatic N) is 2. The minimum atomic E-state index is -0.314. The Morgan fingerprint density at radius 3 is 2.83 bits per heavy atom. The van der Waals surface area contributed by atoms with Crippen molar-refractivity contribution in [3.63, 3.8) is 0 Å². The Morgan fingerprint density at radius 2 is 2.33 bits per heavy atom. The van der Waals surface area contributed by atoms with E-state index in [1.54, 1.807) is 6.20 Å². The fourth-order valence-electron chi connectivity index (χ4n) is 1.31. The van der Waals surface area contributed by atoms with Gasteiger partial charge in [0.2, 0.25) is 0 Å². The van der Waals surface area contributed by atoms with Crippen molar-refractivity contribution >= 4 is 11.6 Å². The van der Waals surface area contributed by atoms with Crippen LogP contribution in [0.25, 0.3) is 0 Å². The third kappa shape index (κ3) is 0.981. The van der Waals surface area contributed by atoms with Crippen LogP contribution in [0.1, 0.15) is 18.4 Å². The van der Waals surface area contributed by atoms with E-state index >= 15 is 0 Å². The van der Waals surface area contributed by atoms with Crippen LogP contribution < -0.4 is 0 Å². The Labute approximate surface area is 75.8 Å². The third-order valence-corrected chi connectivity index (χ3v) is 2.54. The molecule has 2 rings (SSSR count). The quantitative estimate of drug-likeness (QED) is 0.619. The topological polar surface area (TPSA) is 36.7 Å². The SMILES string of the molecule is N#CC1(c2cccnc2Cl)CC1. The van der Waals surface area contributed by atoms with Crippen molar-refractivity contribution in [1.29, 1.82) is 5.26 Å². The molecule has 0 spiro atoms. The van der Waals surface area contributed by atoms with Gasteiger partial charge < -0.3 is 0 Å². The second-order valence-electron chi connectivity index (χ2n) is 3.04. The maximum absolute atomic E-state index is 8.90. The van der Waals surface area contributed by atoms with Crippen LogP contribution in [0.2, 0.25) is 5.15 Å². The van der Waals surface area contributed by atoms with E-state index in [1.165, 1.54) is 0 Å². The molecule has 0 amide bonds. The molecule has 60 valence electrons. The van der Waals surface area contributed by atoms with E-state index in [0.29, 0.717) is 5.15 Å². The Balaban J connectivity index is 2.48. The molecule has 1 aromatic rings. The van der Waals surface area contributed by atoms with Crippen molar-refractivity contribution in [3.8, 4) is 6.07 Å². The van der Waals surface area contributed by atoms with Crippen LogP contribution in [0, 0.1) is 11.3 Å². The van der Waals surface area contributed by atoms with Crippen molar-refractivity contribution in [2.45, 2.75) is 18.3 Å². The molecule has 3 heteroatoms. The van der Waals surface area contributed by atoms with Crippen LogP contribution in [0.5, 0.6) is 0 Å². The Bertz CT molecular complexity index is 350. The molecule has 0 aliphatic heterocycles. The molecule has 0 aromatic carbocycles. The summed E-state index contributed by atoms with van der Waals surface area (Å²) in [4.78, 5) is 3.95. The molecule has 0 unspecified atom stereocenters. The summed E-state index contributed by atoms with van der Waals surface area (Å²) in [6.45, 7) is 0. The van der Waals surface area contributed by atoms with Crippen molar-refractivity contribution in [1.82, 2.24) is 4.98 Å². The van der Waals surface area contributed by atoms with Crippen LogP contribution in [0.15, 0.2) is 18.3 Å². The van der Waals surface area contributed by atoms with E-state index in [-0.39, 0.29) is 5.41 Å². The Kier molecular flexibility index (Phi) is 1.55. The summed E-state index contributed by atoms with van der Waals surface area (Å²) in [6, 6.07) is 5.98. The monoisotopic (exact) mass is 178 g/mol. The van der Waals surface area contributed by atoms with Crippen LogP contribution in [-0.4, -0.2) is 4.98 Å². The van der Waals surface area contributed by atoms with Gasteiger partial charge in [-0.3, -0.25) is 0 Å². The van der Waals surface area contributed by atoms with Gasteiger partial charge in [0.1, 0.15) is 5.15 Å². The van der Waals surface area contributed by atoms with Crippen LogP contribution in [-0.2, 0) is 5.41 Å². The number of aromatic nitrogens is 1. The zero-order chi connectivity index (χ0) is 8.60. The Morgan fingerprint density at radius 1 is 1.58 bits per heavy atom. The minimum Gasteiger partial charge on any atom is -0.244 e. The van der Waals surface area contributed by atoms with E-state index in [2.05, 4.69) is 11.1 Å². The maximum atomic E-state index is 8.90. The fraction of sp³-hybridized carbons (Fsp3) is 0.333. The lowest BCUT2D eigenvalue weighted by atomic mass is 10.0. The summed E-state index contributed by atoms with van der Waals surface area (Å²) < 4.78 is 0. The first-order chi connectivity index (χ1) is 5.78. The molecular weight excluding hydrogens is 172 g/mol. The van der Waals surface area contributed by atoms with Gasteiger partial charge in [-0.25, -0.2) is 4.98 Å². The van der Waals surface area contributed by atoms with E-state index in [9.17, 15) is 0 Å². The first-order valence-electron chi connectivity index (χ1n) is 3.81. The molecular formula is C9H7ClN2. The molecule has 0 saturated heterocycles. The highest BCUT2D eigenvalue weighted by Crippen LogP contribution is 2.49. The molecule has 2 nitrogen and oxygen atoms in total. The lowest BCUT2D eigenvalue weighted by Gasteiger charge is -2.05. The van der Waals surface area contributed by atoms with Gasteiger partial charge >= 0.3 is 0 Å². The smallest absolute Gasteiger partial charge is 0.133 e. The predicted molar refractivity (Wildman–Crippen MR) is 45.8 cm³/mol. The first-order valence-corrected chi connectivity index (χ1v) is 4.18. The highest BCUT2D eigenvalue weighted by atomic mass is 35.5. The zero-order valence-electron chi connectivity index (χ0n) is 6.42. The lowest BCUT2D eigenvalue weighted by Crippen LogP contribution is -2.03. The van der Waals surface area contributed by atoms with Gasteiger partial charge in [0.15, 0.2) is 0 Å². The molecule has 0 atom stereocenters. The predicted octanol–water partition coefficient (Wildman–Crippen LogP) is 2.29. The molecule has 1 saturated carbocycles. The second-order valence-corrected chi connectivity index (χ2v) is 3.39. The van der Waals surface area contributed by atoms with Crippen LogP contribution >= 0.6 is 11.6 Å². The number of halogens is 1. The summed E-state index contributed by atoms with van der Waals surface area (Å²) in [6.07, 6.45) is 3.46. The van der Waals surface area contributed by atoms with E-state index < -0.39 is 0 Å². The summed E-state index contributed by atoms with van der Waals surface area (Å²) in [5.41, 5.74) is 0.569. The average Bonchev–Trinajstić information content (AvgIpc) is 2.86. The largest absolute Gasteiger partial charge is 0.244 e. The molecule has 1 aromatic heterocycles. The molecule has 1 fully saturated rings. The van der Waals surface area contributed by atoms with Gasteiger partial charge in [0.05, 0.1) is 11.5 Å². The van der Waals surface area contributed by atoms with Crippen LogP contribution in [0.4, 0.5) is 0 Å². The molecule has 0 bridgehead atoms. The average molecular weight is 179 g/mol. The molecule has 1 aliphatic rings. The number of pyridine rings is 1. The highest BCUT2D eigenvalue weighted by Gasteiger charge is 2.46. The van der Waals surface area contributed by atoms with Gasteiger partial charge in [-0.2, -0.15) is 5.26 Å². The van der Waals surface area contributed by atoms with Gasteiger partial charge in [0, 0.05) is 11.8 Å². The second kappa shape index (κ2) is 2.46. The summed E-state index contributed by atoms with van der Waals surface area (Å²) in [5.74, 6) is 0. The molecule has 1 heterocycles. The molecule has 12 heavy (non-hydrogen) atoms. The Hall–Kier alpha value is -1.07. The lowest BCUT2D eigenvalue weighted by molar-refractivity contribution is 0.897. The highest BCUT2D eigenvalue weighted by molar-refractivity contribution is 6.30. The van der Waals surface area contributed by atoms with Crippen molar-refractivity contribution < 1.29 is 0 Å². The van der Waals surface area contributed by atoms with Gasteiger partial charge in [0.25, 0.3) is 0 Å². The standard InChI is InChI=1S/C9H7ClN2/c10-8-7(2-1-5-12-8)9(6-11)3-4-9/h1-2,5H,3-4H2. The molecule has 0 N–H and O–H groups in total. The van der Waals surface area contributed by atoms with E-state index in [4.69, 9.17) is 16.9 Å². The van der Waals surface area contributed by atoms with E-state index in [0.717, 1.165) is 18.4 Å². The molecule has 0 radical (unpaired) electrons. The van der Waals surface area contributed by atoms with E-state index in [1.807, 2.05) is 12.1 Å². The summed E-state index contributed by atoms with van der Waals surface area (Å²) in [7, 11) is 0. The summed E-state index contributed by atoms with van der Waals surface area (Å²) >= 11 is 5.87. The third-order valence-electron chi connectivity index (χ3n) is 2.24. The maximum Gasteiger partial charge on any atom is 0.133 e. The van der Waals surface area contributed by atoms with Gasteiger partial charge in [-0.15, -0.1) is 0 Å². The van der Waals surface area contributed by atoms with Crippen molar-refractivity contribution in [2.75, 3.05) is 0 Å². The minimum absolute atomic E-state index is 0.314. The fourth-order valence-corrected chi connectivity index (χ4v) is 1.61. The van der Waals surface area contributed by atoms with Crippen molar-refractivity contribution in [3.05, 3.63) is 29.0 Å². The van der Waals surface area contributed by atoms with Gasteiger partial charge in [-0.05, 0) is 18.9 Å². The number of nitriles is 1. The van der Waals surface area contributed by atoms with Crippen molar-refractivity contribution in [2.24, 2.45) is 0 Å². The number of rotatable bonds is 1. The molecule has 1 aliphatic carbocycles. The summed E-state index contributed by atoms with van der Waals surface area (Å²) in [5, 5.41) is 9.37.